The topological polar surface area (TPSA) is 105 Å². The first kappa shape index (κ1) is 26.5. The van der Waals surface area contributed by atoms with Crippen LogP contribution in [0, 0.1) is 5.92 Å². The van der Waals surface area contributed by atoms with Gasteiger partial charge in [-0.1, -0.05) is 18.2 Å². The Morgan fingerprint density at radius 3 is 2.49 bits per heavy atom. The molecule has 5 rings (SSSR count). The quantitative estimate of drug-likeness (QED) is 0.459. The molecule has 0 bridgehead atoms. The van der Waals surface area contributed by atoms with E-state index in [0.29, 0.717) is 42.2 Å². The van der Waals surface area contributed by atoms with Crippen molar-refractivity contribution in [3.8, 4) is 11.5 Å². The summed E-state index contributed by atoms with van der Waals surface area (Å²) in [6.45, 7) is 0.994. The van der Waals surface area contributed by atoms with Crippen LogP contribution in [-0.2, 0) is 16.1 Å². The number of fused-ring (bicyclic) bond motifs is 1. The molecule has 1 fully saturated rings. The summed E-state index contributed by atoms with van der Waals surface area (Å²) >= 11 is 0. The summed E-state index contributed by atoms with van der Waals surface area (Å²) in [5, 5.41) is 12.0. The molecule has 1 atom stereocenters. The fraction of sp³-hybridized carbons (Fsp3) is 0.367. The van der Waals surface area contributed by atoms with Gasteiger partial charge >= 0.3 is 5.97 Å². The van der Waals surface area contributed by atoms with Gasteiger partial charge in [0.05, 0.1) is 14.2 Å². The first-order valence-electron chi connectivity index (χ1n) is 13.4. The highest BCUT2D eigenvalue weighted by Gasteiger charge is 2.30. The molecule has 2 aromatic carbocycles. The van der Waals surface area contributed by atoms with Gasteiger partial charge in [0.15, 0.2) is 23.9 Å². The maximum atomic E-state index is 12.8. The third-order valence-electron chi connectivity index (χ3n) is 7.77. The first-order chi connectivity index (χ1) is 18.9. The molecule has 2 aliphatic heterocycles. The highest BCUT2D eigenvalue weighted by molar-refractivity contribution is 5.99. The van der Waals surface area contributed by atoms with Crippen molar-refractivity contribution in [1.29, 1.82) is 0 Å². The van der Waals surface area contributed by atoms with Gasteiger partial charge in [-0.2, -0.15) is 4.99 Å². The molecule has 1 saturated carbocycles. The third-order valence-corrected chi connectivity index (χ3v) is 7.77. The number of aliphatic carboxylic acids is 1. The molecule has 0 spiro atoms. The lowest BCUT2D eigenvalue weighted by Gasteiger charge is -2.29. The zero-order chi connectivity index (χ0) is 27.4. The van der Waals surface area contributed by atoms with Crippen LogP contribution in [0.1, 0.15) is 49.1 Å². The van der Waals surface area contributed by atoms with Gasteiger partial charge in [-0.15, -0.1) is 0 Å². The number of ether oxygens (including phenoxy) is 2. The van der Waals surface area contributed by atoms with Gasteiger partial charge in [-0.3, -0.25) is 14.5 Å². The lowest BCUT2D eigenvalue weighted by atomic mass is 9.77. The number of rotatable bonds is 9. The number of amides is 1. The second-order valence-electron chi connectivity index (χ2n) is 10.3. The third kappa shape index (κ3) is 6.15. The van der Waals surface area contributed by atoms with E-state index in [1.165, 1.54) is 5.56 Å². The lowest BCUT2D eigenvalue weighted by Crippen LogP contribution is -3.11. The molecule has 0 saturated heterocycles. The number of carbonyl (C=O) groups is 2. The van der Waals surface area contributed by atoms with Crippen molar-refractivity contribution in [3.05, 3.63) is 77.8 Å². The van der Waals surface area contributed by atoms with Crippen molar-refractivity contribution >= 4 is 23.4 Å². The summed E-state index contributed by atoms with van der Waals surface area (Å²) in [6, 6.07) is 14.2. The van der Waals surface area contributed by atoms with E-state index in [0.717, 1.165) is 47.7 Å². The van der Waals surface area contributed by atoms with E-state index >= 15 is 0 Å². The second-order valence-corrected chi connectivity index (χ2v) is 10.3. The molecule has 1 aliphatic carbocycles. The molecule has 2 aromatic rings. The van der Waals surface area contributed by atoms with E-state index < -0.39 is 5.97 Å². The Morgan fingerprint density at radius 2 is 1.79 bits per heavy atom. The van der Waals surface area contributed by atoms with E-state index in [-0.39, 0.29) is 12.3 Å². The molecule has 204 valence electrons. The summed E-state index contributed by atoms with van der Waals surface area (Å²) in [7, 11) is 3.17. The van der Waals surface area contributed by atoms with Gasteiger partial charge in [0, 0.05) is 30.9 Å². The van der Waals surface area contributed by atoms with Crippen molar-refractivity contribution in [2.75, 3.05) is 25.8 Å². The van der Waals surface area contributed by atoms with Crippen molar-refractivity contribution in [1.82, 2.24) is 5.32 Å². The molecule has 0 radical (unpaired) electrons. The molecule has 1 unspecified atom stereocenters. The number of nitrogens with one attached hydrogen (secondary N) is 2. The van der Waals surface area contributed by atoms with Crippen LogP contribution in [0.5, 0.6) is 11.5 Å². The van der Waals surface area contributed by atoms with Crippen molar-refractivity contribution in [3.63, 3.8) is 0 Å². The molecule has 9 heteroatoms. The Bertz CT molecular complexity index is 1310. The molecular formula is C30H35N4O5+. The van der Waals surface area contributed by atoms with E-state index in [4.69, 9.17) is 14.6 Å². The second kappa shape index (κ2) is 11.7. The Labute approximate surface area is 228 Å². The molecule has 1 amide bonds. The Morgan fingerprint density at radius 1 is 1.05 bits per heavy atom. The van der Waals surface area contributed by atoms with Crippen LogP contribution in [0.25, 0.3) is 0 Å². The SMILES string of the molecule is COc1ccc(CNC(=O)C2=C[NH+]3CN(c4ccc(C5CCC(CC(=O)O)CC5)cc4)C=CC3=N2)cc1OC. The van der Waals surface area contributed by atoms with Gasteiger partial charge in [0.1, 0.15) is 6.20 Å². The number of aliphatic imine (C=N–C) groups is 1. The van der Waals surface area contributed by atoms with Crippen molar-refractivity contribution < 1.29 is 29.1 Å². The number of benzene rings is 2. The molecule has 2 heterocycles. The number of carboxylic acids is 1. The number of methoxy groups -OCH3 is 2. The van der Waals surface area contributed by atoms with Gasteiger partial charge in [0.25, 0.3) is 5.91 Å². The summed E-state index contributed by atoms with van der Waals surface area (Å²) in [4.78, 5) is 31.5. The molecule has 9 nitrogen and oxygen atoms in total. The standard InChI is InChI=1S/C30H34N4O5/c1-38-26-12-5-21(15-27(26)39-2)17-31-30(37)25-18-34-19-33(14-13-28(34)32-25)24-10-8-23(9-11-24)22-6-3-20(4-7-22)16-29(35)36/h5,8-15,18,20,22H,3-4,6-7,16-17,19H2,1-2H3,(H,31,37)(H,35,36)/p+1. The molecule has 3 aliphatic rings. The molecular weight excluding hydrogens is 496 g/mol. The highest BCUT2D eigenvalue weighted by Crippen LogP contribution is 2.37. The van der Waals surface area contributed by atoms with Gasteiger partial charge < -0.3 is 19.9 Å². The minimum Gasteiger partial charge on any atom is -0.493 e. The van der Waals surface area contributed by atoms with Crippen molar-refractivity contribution in [2.24, 2.45) is 10.9 Å². The van der Waals surface area contributed by atoms with E-state index in [9.17, 15) is 9.59 Å². The largest absolute Gasteiger partial charge is 0.493 e. The van der Waals surface area contributed by atoms with E-state index in [2.05, 4.69) is 39.5 Å². The van der Waals surface area contributed by atoms with Crippen LogP contribution >= 0.6 is 0 Å². The predicted molar refractivity (Wildman–Crippen MR) is 148 cm³/mol. The van der Waals surface area contributed by atoms with Crippen LogP contribution in [-0.4, -0.2) is 43.7 Å². The maximum Gasteiger partial charge on any atom is 0.303 e. The van der Waals surface area contributed by atoms with Gasteiger partial charge in [-0.25, -0.2) is 4.90 Å². The summed E-state index contributed by atoms with van der Waals surface area (Å²) in [5.74, 6) is 1.96. The predicted octanol–water partition coefficient (Wildman–Crippen LogP) is 3.20. The summed E-state index contributed by atoms with van der Waals surface area (Å²) in [6.07, 6.45) is 10.1. The Kier molecular flexibility index (Phi) is 7.97. The van der Waals surface area contributed by atoms with Crippen LogP contribution in [0.15, 0.2) is 71.6 Å². The van der Waals surface area contributed by atoms with Crippen molar-refractivity contribution in [2.45, 2.75) is 44.6 Å². The van der Waals surface area contributed by atoms with Gasteiger partial charge in [-0.05, 0) is 72.9 Å². The number of anilines is 1. The molecule has 39 heavy (non-hydrogen) atoms. The van der Waals surface area contributed by atoms with Crippen LogP contribution in [0.3, 0.4) is 0 Å². The minimum absolute atomic E-state index is 0.221. The summed E-state index contributed by atoms with van der Waals surface area (Å²) in [5.41, 5.74) is 3.71. The maximum absolute atomic E-state index is 12.8. The number of quaternary nitrogens is 1. The summed E-state index contributed by atoms with van der Waals surface area (Å²) < 4.78 is 10.6. The Balaban J connectivity index is 1.15. The zero-order valence-electron chi connectivity index (χ0n) is 22.4. The number of hydrogen-bond donors (Lipinski definition) is 3. The van der Waals surface area contributed by atoms with Crippen LogP contribution < -0.4 is 24.6 Å². The first-order valence-corrected chi connectivity index (χ1v) is 13.4. The normalized spacial score (nSPS) is 22.0. The molecule has 0 aromatic heterocycles. The van der Waals surface area contributed by atoms with E-state index in [1.54, 1.807) is 14.2 Å². The smallest absolute Gasteiger partial charge is 0.303 e. The average molecular weight is 532 g/mol. The number of carbonyl (C=O) groups excluding carboxylic acids is 1. The Hall–Kier alpha value is -4.11. The minimum atomic E-state index is -0.692. The lowest BCUT2D eigenvalue weighted by molar-refractivity contribution is -0.742. The van der Waals surface area contributed by atoms with Crippen LogP contribution in [0.4, 0.5) is 5.69 Å². The van der Waals surface area contributed by atoms with E-state index in [1.807, 2.05) is 36.7 Å². The number of nitrogens with zero attached hydrogens (tertiary/aromatic N) is 2. The fourth-order valence-electron chi connectivity index (χ4n) is 5.58. The monoisotopic (exact) mass is 531 g/mol. The number of carboxylic acid groups (broad SMARTS) is 1. The highest BCUT2D eigenvalue weighted by atomic mass is 16.5. The fourth-order valence-corrected chi connectivity index (χ4v) is 5.58. The zero-order valence-corrected chi connectivity index (χ0v) is 22.4. The number of hydrogen-bond acceptors (Lipinski definition) is 6. The van der Waals surface area contributed by atoms with Crippen LogP contribution in [0.2, 0.25) is 0 Å². The number of amidine groups is 1. The average Bonchev–Trinajstić information content (AvgIpc) is 3.40. The molecule has 3 N–H and O–H groups in total. The van der Waals surface area contributed by atoms with Gasteiger partial charge in [0.2, 0.25) is 5.84 Å².